The van der Waals surface area contributed by atoms with Crippen molar-refractivity contribution in [3.8, 4) is 0 Å². The highest BCUT2D eigenvalue weighted by Crippen LogP contribution is 2.26. The molecule has 0 aromatic heterocycles. The van der Waals surface area contributed by atoms with E-state index >= 15 is 0 Å². The number of carbonyl (C=O) groups excluding carboxylic acids is 1. The first-order chi connectivity index (χ1) is 29.4. The predicted molar refractivity (Wildman–Crippen MR) is 242 cm³/mol. The van der Waals surface area contributed by atoms with Crippen molar-refractivity contribution in [2.24, 2.45) is 0 Å². The largest absolute Gasteiger partial charge is 0.397 e. The van der Waals surface area contributed by atoms with E-state index in [4.69, 9.17) is 14.0 Å². The zero-order chi connectivity index (χ0) is 45.0. The van der Waals surface area contributed by atoms with Gasteiger partial charge in [-0.1, -0.05) is 165 Å². The number of amides is 1. The molecule has 0 aliphatic carbocycles. The van der Waals surface area contributed by atoms with Crippen LogP contribution in [0.2, 0.25) is 0 Å². The number of allylic oxidation sites excluding steroid dienone is 7. The lowest BCUT2D eigenvalue weighted by Gasteiger charge is -2.41. The molecule has 0 spiro atoms. The fraction of sp³-hybridized carbons (Fsp3) is 0.809. The molecule has 0 aromatic rings. The van der Waals surface area contributed by atoms with Crippen LogP contribution in [0.15, 0.2) is 48.6 Å². The summed E-state index contributed by atoms with van der Waals surface area (Å²) in [5, 5.41) is 55.0. The third-order valence-corrected chi connectivity index (χ3v) is 11.4. The van der Waals surface area contributed by atoms with E-state index in [1.54, 1.807) is 6.08 Å². The number of carbonyl (C=O) groups is 1. The smallest absolute Gasteiger partial charge is 0.394 e. The van der Waals surface area contributed by atoms with E-state index in [2.05, 4.69) is 53.7 Å². The van der Waals surface area contributed by atoms with Gasteiger partial charge < -0.3 is 40.3 Å². The maximum absolute atomic E-state index is 13.1. The van der Waals surface area contributed by atoms with Crippen molar-refractivity contribution in [3.05, 3.63) is 48.6 Å². The molecule has 1 aliphatic heterocycles. The third-order valence-electron chi connectivity index (χ3n) is 10.9. The Morgan fingerprint density at radius 3 is 1.66 bits per heavy atom. The molecule has 0 aromatic carbocycles. The van der Waals surface area contributed by atoms with E-state index in [9.17, 15) is 38.7 Å². The Balaban J connectivity index is 2.48. The van der Waals surface area contributed by atoms with Crippen molar-refractivity contribution in [1.29, 1.82) is 0 Å². The molecule has 356 valence electrons. The third kappa shape index (κ3) is 29.9. The Morgan fingerprint density at radius 1 is 0.672 bits per heavy atom. The highest BCUT2D eigenvalue weighted by Gasteiger charge is 2.48. The molecule has 0 radical (unpaired) electrons. The van der Waals surface area contributed by atoms with Crippen molar-refractivity contribution in [1.82, 2.24) is 5.32 Å². The van der Waals surface area contributed by atoms with E-state index in [-0.39, 0.29) is 6.42 Å². The van der Waals surface area contributed by atoms with Crippen LogP contribution in [0.3, 0.4) is 0 Å². The first-order valence-electron chi connectivity index (χ1n) is 23.6. The number of unbranched alkanes of at least 4 members (excludes halogenated alkanes) is 20. The summed E-state index contributed by atoms with van der Waals surface area (Å²) < 4.78 is 47.4. The Kier molecular flexibility index (Phi) is 35.0. The number of nitrogens with one attached hydrogen (secondary N) is 1. The number of hydrogen-bond acceptors (Lipinski definition) is 11. The van der Waals surface area contributed by atoms with Crippen molar-refractivity contribution < 1.29 is 57.0 Å². The molecule has 1 fully saturated rings. The van der Waals surface area contributed by atoms with Crippen molar-refractivity contribution in [2.75, 3.05) is 13.2 Å². The van der Waals surface area contributed by atoms with E-state index in [1.165, 1.54) is 83.1 Å². The van der Waals surface area contributed by atoms with Crippen LogP contribution >= 0.6 is 0 Å². The van der Waals surface area contributed by atoms with Crippen LogP contribution < -0.4 is 5.32 Å². The van der Waals surface area contributed by atoms with Gasteiger partial charge in [0.2, 0.25) is 5.91 Å². The summed E-state index contributed by atoms with van der Waals surface area (Å²) in [6.45, 7) is 3.06. The Labute approximate surface area is 369 Å². The minimum absolute atomic E-state index is 0.225. The molecule has 1 saturated heterocycles. The molecule has 13 nitrogen and oxygen atoms in total. The fourth-order valence-electron chi connectivity index (χ4n) is 7.20. The molecule has 0 saturated carbocycles. The van der Waals surface area contributed by atoms with Gasteiger partial charge in [0.25, 0.3) is 0 Å². The van der Waals surface area contributed by atoms with Gasteiger partial charge in [0, 0.05) is 0 Å². The van der Waals surface area contributed by atoms with Crippen LogP contribution in [0.4, 0.5) is 0 Å². The molecular weight excluding hydrogens is 803 g/mol. The van der Waals surface area contributed by atoms with Crippen LogP contribution in [0, 0.1) is 0 Å². The van der Waals surface area contributed by atoms with E-state index in [0.29, 0.717) is 12.8 Å². The zero-order valence-corrected chi connectivity index (χ0v) is 38.4. The van der Waals surface area contributed by atoms with Gasteiger partial charge >= 0.3 is 10.4 Å². The summed E-state index contributed by atoms with van der Waals surface area (Å²) >= 11 is 0. The van der Waals surface area contributed by atoms with Gasteiger partial charge in [0.05, 0.1) is 25.4 Å². The van der Waals surface area contributed by atoms with Crippen molar-refractivity contribution >= 4 is 16.3 Å². The van der Waals surface area contributed by atoms with Gasteiger partial charge in [0.1, 0.15) is 30.5 Å². The second kappa shape index (κ2) is 37.4. The molecule has 1 amide bonds. The molecule has 1 heterocycles. The van der Waals surface area contributed by atoms with Crippen molar-refractivity contribution in [2.45, 2.75) is 230 Å². The van der Waals surface area contributed by atoms with Gasteiger partial charge in [-0.25, -0.2) is 4.18 Å². The second-order valence-electron chi connectivity index (χ2n) is 16.4. The number of ether oxygens (including phenoxy) is 2. The summed E-state index contributed by atoms with van der Waals surface area (Å²) in [7, 11) is -5.12. The molecule has 1 rings (SSSR count). The van der Waals surface area contributed by atoms with Crippen LogP contribution in [-0.4, -0.2) is 107 Å². The van der Waals surface area contributed by atoms with Crippen LogP contribution in [-0.2, 0) is 28.9 Å². The maximum Gasteiger partial charge on any atom is 0.397 e. The van der Waals surface area contributed by atoms with Crippen LogP contribution in [0.5, 0.6) is 0 Å². The highest BCUT2D eigenvalue weighted by atomic mass is 32.3. The van der Waals surface area contributed by atoms with Gasteiger partial charge in [-0.3, -0.25) is 9.35 Å². The summed E-state index contributed by atoms with van der Waals surface area (Å²) in [4.78, 5) is 13.1. The number of rotatable bonds is 39. The summed E-state index contributed by atoms with van der Waals surface area (Å²) in [6, 6.07) is -1.14. The molecular formula is C47H85NO12S. The topological polar surface area (TPSA) is 212 Å². The molecule has 14 heteroatoms. The maximum atomic E-state index is 13.1. The zero-order valence-electron chi connectivity index (χ0n) is 37.6. The highest BCUT2D eigenvalue weighted by molar-refractivity contribution is 7.80. The number of hydrogen-bond donors (Lipinski definition) is 7. The molecule has 7 N–H and O–H groups in total. The minimum atomic E-state index is -5.12. The average Bonchev–Trinajstić information content (AvgIpc) is 3.23. The SMILES string of the molecule is CC/C=C/CC/C=C/CC/C=C/C(O)C(COC1OC(CO)C(O)C(OS(=O)(=O)O)C1O)NC(=O)C(O)CCCCCCCC/C=C\CCCCCCCCCCCCCC. The van der Waals surface area contributed by atoms with Gasteiger partial charge in [-0.2, -0.15) is 8.42 Å². The molecule has 1 aliphatic rings. The summed E-state index contributed by atoms with van der Waals surface area (Å²) in [5.74, 6) is -0.724. The molecule has 8 unspecified atom stereocenters. The normalized spacial score (nSPS) is 21.6. The van der Waals surface area contributed by atoms with Gasteiger partial charge in [0.15, 0.2) is 6.29 Å². The quantitative estimate of drug-likeness (QED) is 0.0177. The average molecular weight is 888 g/mol. The second-order valence-corrected chi connectivity index (χ2v) is 17.5. The number of aliphatic hydroxyl groups excluding tert-OH is 5. The van der Waals surface area contributed by atoms with E-state index in [1.807, 2.05) is 6.08 Å². The standard InChI is InChI=1S/C47H85NO12S/c1-3-5-7-9-11-13-15-16-17-18-19-20-21-22-23-24-25-26-28-30-32-34-36-41(51)46(54)48-39(40(50)35-33-31-29-27-14-12-10-8-6-4-2)38-58-47-44(53)45(60-61(55,56)57)43(52)42(37-49)59-47/h6,8,14,22-23,27,33,35,39-45,47,49-53H,3-5,7,9-13,15-21,24-26,28-32,34,36-38H2,1-2H3,(H,48,54)(H,55,56,57)/b8-6+,23-22-,27-14+,35-33+. The number of aliphatic hydroxyl groups is 5. The Morgan fingerprint density at radius 2 is 1.15 bits per heavy atom. The van der Waals surface area contributed by atoms with E-state index in [0.717, 1.165) is 70.6 Å². The van der Waals surface area contributed by atoms with Gasteiger partial charge in [-0.05, 0) is 64.2 Å². The van der Waals surface area contributed by atoms with E-state index < -0.39 is 78.5 Å². The minimum Gasteiger partial charge on any atom is -0.394 e. The van der Waals surface area contributed by atoms with Crippen molar-refractivity contribution in [3.63, 3.8) is 0 Å². The summed E-state index contributed by atoms with van der Waals surface area (Å²) in [6.07, 6.45) is 33.7. The Bertz CT molecular complexity index is 1290. The lowest BCUT2D eigenvalue weighted by atomic mass is 9.99. The van der Waals surface area contributed by atoms with Gasteiger partial charge in [-0.15, -0.1) is 0 Å². The lowest BCUT2D eigenvalue weighted by molar-refractivity contribution is -0.298. The summed E-state index contributed by atoms with van der Waals surface area (Å²) in [5.41, 5.74) is 0. The first-order valence-corrected chi connectivity index (χ1v) is 25.0. The first kappa shape index (κ1) is 57.0. The monoisotopic (exact) mass is 888 g/mol. The fourth-order valence-corrected chi connectivity index (χ4v) is 7.71. The molecule has 61 heavy (non-hydrogen) atoms. The molecule has 0 bridgehead atoms. The van der Waals surface area contributed by atoms with Crippen LogP contribution in [0.25, 0.3) is 0 Å². The van der Waals surface area contributed by atoms with Crippen LogP contribution in [0.1, 0.15) is 181 Å². The Hall–Kier alpha value is -1.98. The molecule has 8 atom stereocenters. The predicted octanol–water partition coefficient (Wildman–Crippen LogP) is 8.24. The lowest BCUT2D eigenvalue weighted by Crippen LogP contribution is -2.61.